The molecule has 2 rings (SSSR count). The van der Waals surface area contributed by atoms with Crippen LogP contribution in [0, 0.1) is 27.7 Å². The predicted molar refractivity (Wildman–Crippen MR) is 103 cm³/mol. The Labute approximate surface area is 155 Å². The molecule has 1 N–H and O–H groups in total. The maximum Gasteiger partial charge on any atom is 0.261 e. The van der Waals surface area contributed by atoms with Gasteiger partial charge in [-0.05, 0) is 87.6 Å². The first-order chi connectivity index (χ1) is 11.7. The smallest absolute Gasteiger partial charge is 0.261 e. The van der Waals surface area contributed by atoms with Crippen molar-refractivity contribution in [2.45, 2.75) is 53.7 Å². The molecule has 0 radical (unpaired) electrons. The summed E-state index contributed by atoms with van der Waals surface area (Å²) in [5.74, 6) is 0.497. The van der Waals surface area contributed by atoms with Gasteiger partial charge in [-0.15, -0.1) is 0 Å². The number of ether oxygens (including phenoxy) is 1. The zero-order valence-electron chi connectivity index (χ0n) is 15.7. The van der Waals surface area contributed by atoms with E-state index in [2.05, 4.69) is 38.2 Å². The Hall–Kier alpha value is -2.00. The van der Waals surface area contributed by atoms with E-state index in [0.717, 1.165) is 11.1 Å². The molecule has 2 aromatic rings. The number of halogens is 1. The number of hydrogen-bond donors (Lipinski definition) is 1. The average Bonchev–Trinajstić information content (AvgIpc) is 2.54. The van der Waals surface area contributed by atoms with Crippen LogP contribution in [-0.4, -0.2) is 12.0 Å². The van der Waals surface area contributed by atoms with E-state index >= 15 is 0 Å². The van der Waals surface area contributed by atoms with Crippen molar-refractivity contribution < 1.29 is 9.53 Å². The molecule has 2 atom stereocenters. The van der Waals surface area contributed by atoms with Gasteiger partial charge in [-0.1, -0.05) is 23.7 Å². The summed E-state index contributed by atoms with van der Waals surface area (Å²) in [4.78, 5) is 12.5. The quantitative estimate of drug-likeness (QED) is 0.794. The van der Waals surface area contributed by atoms with Crippen LogP contribution in [0.4, 0.5) is 0 Å². The highest BCUT2D eigenvalue weighted by molar-refractivity contribution is 6.31. The van der Waals surface area contributed by atoms with Crippen molar-refractivity contribution in [1.29, 1.82) is 0 Å². The lowest BCUT2D eigenvalue weighted by Crippen LogP contribution is -2.38. The van der Waals surface area contributed by atoms with Crippen LogP contribution in [0.15, 0.2) is 30.3 Å². The third-order valence-corrected chi connectivity index (χ3v) is 4.94. The highest BCUT2D eigenvalue weighted by Crippen LogP contribution is 2.23. The van der Waals surface area contributed by atoms with E-state index in [0.29, 0.717) is 10.8 Å². The molecule has 0 aromatic heterocycles. The van der Waals surface area contributed by atoms with Gasteiger partial charge in [-0.3, -0.25) is 4.79 Å². The first-order valence-corrected chi connectivity index (χ1v) is 8.87. The molecule has 0 saturated heterocycles. The molecule has 0 bridgehead atoms. The Bertz CT molecular complexity index is 786. The number of amides is 1. The van der Waals surface area contributed by atoms with E-state index < -0.39 is 6.10 Å². The SMILES string of the molecule is Cc1cc(C)c(C(C)NC(=O)C(C)Oc2ccc(Cl)c(C)c2)cc1C. The second-order valence-corrected chi connectivity index (χ2v) is 7.10. The average molecular weight is 360 g/mol. The second-order valence-electron chi connectivity index (χ2n) is 6.69. The van der Waals surface area contributed by atoms with Crippen molar-refractivity contribution >= 4 is 17.5 Å². The number of carbonyl (C=O) groups excluding carboxylic acids is 1. The molecule has 134 valence electrons. The van der Waals surface area contributed by atoms with Crippen molar-refractivity contribution in [3.8, 4) is 5.75 Å². The molecule has 0 aliphatic carbocycles. The summed E-state index contributed by atoms with van der Waals surface area (Å²) in [6, 6.07) is 9.61. The van der Waals surface area contributed by atoms with Crippen LogP contribution in [0.5, 0.6) is 5.75 Å². The van der Waals surface area contributed by atoms with Crippen molar-refractivity contribution in [3.05, 3.63) is 63.2 Å². The summed E-state index contributed by atoms with van der Waals surface area (Å²) >= 11 is 6.02. The minimum atomic E-state index is -0.588. The van der Waals surface area contributed by atoms with Gasteiger partial charge in [0.15, 0.2) is 6.10 Å². The van der Waals surface area contributed by atoms with Gasteiger partial charge in [0, 0.05) is 5.02 Å². The molecule has 0 fully saturated rings. The standard InChI is InChI=1S/C21H26ClNO2/c1-12-9-14(3)19(11-13(12)2)16(5)23-21(24)17(6)25-18-7-8-20(22)15(4)10-18/h7-11,16-17H,1-6H3,(H,23,24). The number of rotatable bonds is 5. The van der Waals surface area contributed by atoms with Crippen LogP contribution >= 0.6 is 11.6 Å². The molecule has 2 unspecified atom stereocenters. The number of aryl methyl sites for hydroxylation is 4. The van der Waals surface area contributed by atoms with E-state index in [1.807, 2.05) is 19.9 Å². The van der Waals surface area contributed by atoms with Crippen molar-refractivity contribution in [2.75, 3.05) is 0 Å². The molecule has 0 saturated carbocycles. The molecule has 4 heteroatoms. The van der Waals surface area contributed by atoms with Gasteiger partial charge in [0.25, 0.3) is 5.91 Å². The number of nitrogens with one attached hydrogen (secondary N) is 1. The molecule has 0 aliphatic heterocycles. The van der Waals surface area contributed by atoms with Gasteiger partial charge in [-0.25, -0.2) is 0 Å². The fourth-order valence-corrected chi connectivity index (χ4v) is 2.92. The number of hydrogen-bond acceptors (Lipinski definition) is 2. The second kappa shape index (κ2) is 7.92. The first-order valence-electron chi connectivity index (χ1n) is 8.50. The topological polar surface area (TPSA) is 38.3 Å². The lowest BCUT2D eigenvalue weighted by molar-refractivity contribution is -0.127. The molecule has 3 nitrogen and oxygen atoms in total. The maximum absolute atomic E-state index is 12.5. The van der Waals surface area contributed by atoms with Crippen LogP contribution in [0.3, 0.4) is 0 Å². The van der Waals surface area contributed by atoms with Crippen LogP contribution in [-0.2, 0) is 4.79 Å². The lowest BCUT2D eigenvalue weighted by Gasteiger charge is -2.21. The maximum atomic E-state index is 12.5. The minimum absolute atomic E-state index is 0.0789. The van der Waals surface area contributed by atoms with Gasteiger partial charge in [0.05, 0.1) is 6.04 Å². The Kier molecular flexibility index (Phi) is 6.12. The van der Waals surface area contributed by atoms with E-state index in [-0.39, 0.29) is 11.9 Å². The number of benzene rings is 2. The summed E-state index contributed by atoms with van der Waals surface area (Å²) in [7, 11) is 0. The van der Waals surface area contributed by atoms with Crippen LogP contribution in [0.25, 0.3) is 0 Å². The fraction of sp³-hybridized carbons (Fsp3) is 0.381. The summed E-state index contributed by atoms with van der Waals surface area (Å²) in [6.07, 6.45) is -0.588. The van der Waals surface area contributed by atoms with Crippen LogP contribution in [0.1, 0.15) is 47.7 Å². The Balaban J connectivity index is 2.05. The van der Waals surface area contributed by atoms with Gasteiger partial charge < -0.3 is 10.1 Å². The highest BCUT2D eigenvalue weighted by atomic mass is 35.5. The number of carbonyl (C=O) groups is 1. The summed E-state index contributed by atoms with van der Waals surface area (Å²) in [6.45, 7) is 11.9. The van der Waals surface area contributed by atoms with E-state index in [1.54, 1.807) is 19.1 Å². The molecule has 2 aromatic carbocycles. The third-order valence-electron chi connectivity index (χ3n) is 4.52. The van der Waals surface area contributed by atoms with E-state index in [1.165, 1.54) is 16.7 Å². The lowest BCUT2D eigenvalue weighted by atomic mass is 9.96. The van der Waals surface area contributed by atoms with Crippen molar-refractivity contribution in [1.82, 2.24) is 5.32 Å². The molecule has 0 spiro atoms. The summed E-state index contributed by atoms with van der Waals surface area (Å²) in [5, 5.41) is 3.72. The Morgan fingerprint density at radius 1 is 0.960 bits per heavy atom. The van der Waals surface area contributed by atoms with Crippen LogP contribution in [0.2, 0.25) is 5.02 Å². The van der Waals surface area contributed by atoms with Crippen LogP contribution < -0.4 is 10.1 Å². The molecular weight excluding hydrogens is 334 g/mol. The van der Waals surface area contributed by atoms with Gasteiger partial charge >= 0.3 is 0 Å². The summed E-state index contributed by atoms with van der Waals surface area (Å²) in [5.41, 5.74) is 5.71. The normalized spacial score (nSPS) is 13.2. The molecule has 0 heterocycles. The molecular formula is C21H26ClNO2. The van der Waals surface area contributed by atoms with Gasteiger partial charge in [-0.2, -0.15) is 0 Å². The molecule has 0 aliphatic rings. The monoisotopic (exact) mass is 359 g/mol. The minimum Gasteiger partial charge on any atom is -0.481 e. The largest absolute Gasteiger partial charge is 0.481 e. The molecule has 1 amide bonds. The fourth-order valence-electron chi connectivity index (χ4n) is 2.81. The summed E-state index contributed by atoms with van der Waals surface area (Å²) < 4.78 is 5.75. The Morgan fingerprint density at radius 3 is 2.24 bits per heavy atom. The zero-order valence-corrected chi connectivity index (χ0v) is 16.5. The first kappa shape index (κ1) is 19.3. The Morgan fingerprint density at radius 2 is 1.60 bits per heavy atom. The van der Waals surface area contributed by atoms with E-state index in [9.17, 15) is 4.79 Å². The van der Waals surface area contributed by atoms with Gasteiger partial charge in [0.1, 0.15) is 5.75 Å². The predicted octanol–water partition coefficient (Wildman–Crippen LogP) is 5.22. The van der Waals surface area contributed by atoms with Gasteiger partial charge in [0.2, 0.25) is 0 Å². The van der Waals surface area contributed by atoms with Crippen molar-refractivity contribution in [3.63, 3.8) is 0 Å². The third kappa shape index (κ3) is 4.76. The zero-order chi connectivity index (χ0) is 18.7. The molecule has 25 heavy (non-hydrogen) atoms. The highest BCUT2D eigenvalue weighted by Gasteiger charge is 2.19. The van der Waals surface area contributed by atoms with E-state index in [4.69, 9.17) is 16.3 Å². The van der Waals surface area contributed by atoms with Crippen molar-refractivity contribution in [2.24, 2.45) is 0 Å².